The Kier molecular flexibility index (Phi) is 4.65. The fourth-order valence-corrected chi connectivity index (χ4v) is 1.89. The number of ether oxygens (including phenoxy) is 1. The highest BCUT2D eigenvalue weighted by molar-refractivity contribution is 6.31. The smallest absolute Gasteiger partial charge is 0.331 e. The average Bonchev–Trinajstić information content (AvgIpc) is 2.29. The van der Waals surface area contributed by atoms with Gasteiger partial charge < -0.3 is 10.5 Å². The van der Waals surface area contributed by atoms with Crippen molar-refractivity contribution < 1.29 is 14.5 Å². The maximum atomic E-state index is 12.2. The first-order chi connectivity index (χ1) is 9.36. The van der Waals surface area contributed by atoms with Gasteiger partial charge in [0.2, 0.25) is 0 Å². The van der Waals surface area contributed by atoms with Crippen molar-refractivity contribution >= 4 is 23.3 Å². The van der Waals surface area contributed by atoms with E-state index in [0.717, 1.165) is 0 Å². The van der Waals surface area contributed by atoms with Crippen LogP contribution >= 0.6 is 11.6 Å². The van der Waals surface area contributed by atoms with Crippen LogP contribution in [-0.4, -0.2) is 16.5 Å². The molecule has 116 valence electrons. The molecular formula is C14H19ClN2O4. The van der Waals surface area contributed by atoms with E-state index in [-0.39, 0.29) is 11.3 Å². The van der Waals surface area contributed by atoms with Crippen molar-refractivity contribution in [2.24, 2.45) is 5.73 Å². The van der Waals surface area contributed by atoms with Gasteiger partial charge in [-0.25, -0.2) is 4.79 Å². The lowest BCUT2D eigenvalue weighted by Gasteiger charge is -2.28. The summed E-state index contributed by atoms with van der Waals surface area (Å²) in [6, 6.07) is 2.64. The summed E-state index contributed by atoms with van der Waals surface area (Å²) in [5.74, 6) is -0.752. The highest BCUT2D eigenvalue weighted by Gasteiger charge is 2.40. The highest BCUT2D eigenvalue weighted by atomic mass is 35.5. The highest BCUT2D eigenvalue weighted by Crippen LogP contribution is 2.34. The molecule has 0 aromatic heterocycles. The molecule has 21 heavy (non-hydrogen) atoms. The summed E-state index contributed by atoms with van der Waals surface area (Å²) in [6.45, 7) is 8.09. The van der Waals surface area contributed by atoms with E-state index in [1.807, 2.05) is 0 Å². The number of rotatable bonds is 3. The zero-order chi connectivity index (χ0) is 16.6. The molecular weight excluding hydrogens is 296 g/mol. The molecule has 0 radical (unpaired) electrons. The first-order valence-electron chi connectivity index (χ1n) is 6.33. The Morgan fingerprint density at radius 3 is 2.29 bits per heavy atom. The number of nitrogens with zero attached hydrogens (tertiary/aromatic N) is 1. The number of esters is 1. The molecule has 0 amide bonds. The van der Waals surface area contributed by atoms with Crippen LogP contribution in [0.15, 0.2) is 12.1 Å². The second-order valence-electron chi connectivity index (χ2n) is 6.08. The van der Waals surface area contributed by atoms with Gasteiger partial charge in [0, 0.05) is 11.1 Å². The number of benzene rings is 1. The molecule has 0 aliphatic heterocycles. The van der Waals surface area contributed by atoms with Gasteiger partial charge in [0.15, 0.2) is 0 Å². The summed E-state index contributed by atoms with van der Waals surface area (Å²) in [7, 11) is 0. The van der Waals surface area contributed by atoms with Gasteiger partial charge in [-0.15, -0.1) is 0 Å². The van der Waals surface area contributed by atoms with Crippen LogP contribution in [-0.2, 0) is 15.1 Å². The number of carbonyl (C=O) groups is 1. The molecule has 2 N–H and O–H groups in total. The summed E-state index contributed by atoms with van der Waals surface area (Å²) < 4.78 is 5.23. The molecule has 0 saturated carbocycles. The summed E-state index contributed by atoms with van der Waals surface area (Å²) in [5, 5.41) is 11.5. The number of nitro groups is 1. The van der Waals surface area contributed by atoms with Crippen LogP contribution < -0.4 is 5.73 Å². The van der Waals surface area contributed by atoms with E-state index in [2.05, 4.69) is 0 Å². The van der Waals surface area contributed by atoms with E-state index in [1.54, 1.807) is 27.7 Å². The molecule has 0 fully saturated rings. The Morgan fingerprint density at radius 2 is 1.86 bits per heavy atom. The number of hydrogen-bond donors (Lipinski definition) is 1. The third kappa shape index (κ3) is 3.92. The maximum absolute atomic E-state index is 12.2. The average molecular weight is 315 g/mol. The number of nitro benzene ring substituents is 1. The molecule has 1 aromatic carbocycles. The van der Waals surface area contributed by atoms with E-state index >= 15 is 0 Å². The number of nitrogens with two attached hydrogens (primary N) is 1. The summed E-state index contributed by atoms with van der Waals surface area (Å²) in [5.41, 5.74) is 3.89. The van der Waals surface area contributed by atoms with Crippen molar-refractivity contribution in [2.75, 3.05) is 0 Å². The van der Waals surface area contributed by atoms with E-state index in [9.17, 15) is 14.9 Å². The Hall–Kier alpha value is -1.66. The van der Waals surface area contributed by atoms with Crippen LogP contribution in [0, 0.1) is 17.0 Å². The predicted molar refractivity (Wildman–Crippen MR) is 80.2 cm³/mol. The van der Waals surface area contributed by atoms with E-state index in [1.165, 1.54) is 19.1 Å². The quantitative estimate of drug-likeness (QED) is 0.525. The summed E-state index contributed by atoms with van der Waals surface area (Å²) >= 11 is 6.00. The van der Waals surface area contributed by atoms with Gasteiger partial charge in [0.05, 0.1) is 10.5 Å². The monoisotopic (exact) mass is 314 g/mol. The van der Waals surface area contributed by atoms with Crippen molar-refractivity contribution in [1.82, 2.24) is 0 Å². The van der Waals surface area contributed by atoms with Crippen LogP contribution in [0.2, 0.25) is 5.02 Å². The van der Waals surface area contributed by atoms with Crippen molar-refractivity contribution in [1.29, 1.82) is 0 Å². The number of carbonyl (C=O) groups excluding carboxylic acids is 1. The summed E-state index contributed by atoms with van der Waals surface area (Å²) in [6.07, 6.45) is 0. The molecule has 1 atom stereocenters. The van der Waals surface area contributed by atoms with E-state index in [0.29, 0.717) is 10.6 Å². The van der Waals surface area contributed by atoms with Crippen LogP contribution in [0.5, 0.6) is 0 Å². The second-order valence-corrected chi connectivity index (χ2v) is 6.49. The molecule has 0 unspecified atom stereocenters. The normalized spacial score (nSPS) is 14.4. The van der Waals surface area contributed by atoms with Gasteiger partial charge >= 0.3 is 5.97 Å². The van der Waals surface area contributed by atoms with Crippen molar-refractivity contribution in [3.05, 3.63) is 38.4 Å². The Morgan fingerprint density at radius 1 is 1.33 bits per heavy atom. The molecule has 0 saturated heterocycles. The van der Waals surface area contributed by atoms with Gasteiger partial charge in [-0.2, -0.15) is 0 Å². The van der Waals surface area contributed by atoms with Gasteiger partial charge in [-0.3, -0.25) is 10.1 Å². The van der Waals surface area contributed by atoms with Crippen LogP contribution in [0.1, 0.15) is 38.8 Å². The van der Waals surface area contributed by atoms with Crippen molar-refractivity contribution in [2.45, 2.75) is 45.8 Å². The lowest BCUT2D eigenvalue weighted by atomic mass is 9.90. The fraction of sp³-hybridized carbons (Fsp3) is 0.500. The third-order valence-electron chi connectivity index (χ3n) is 2.86. The first-order valence-corrected chi connectivity index (χ1v) is 6.71. The summed E-state index contributed by atoms with van der Waals surface area (Å²) in [4.78, 5) is 22.8. The third-order valence-corrected chi connectivity index (χ3v) is 3.26. The van der Waals surface area contributed by atoms with Gasteiger partial charge in [-0.05, 0) is 46.2 Å². The Bertz CT molecular complexity index is 591. The van der Waals surface area contributed by atoms with Crippen LogP contribution in [0.4, 0.5) is 5.69 Å². The lowest BCUT2D eigenvalue weighted by Crippen LogP contribution is -2.46. The standard InChI is InChI=1S/C14H19ClN2O4/c1-8-6-11(17(19)20)9(7-10(8)15)14(5,16)12(18)21-13(2,3)4/h6-7H,16H2,1-5H3/t14-/m0/s1. The maximum Gasteiger partial charge on any atom is 0.331 e. The minimum atomic E-state index is -1.67. The Labute approximate surface area is 128 Å². The minimum absolute atomic E-state index is 0.0253. The number of aryl methyl sites for hydroxylation is 1. The molecule has 6 nitrogen and oxygen atoms in total. The van der Waals surface area contributed by atoms with Crippen molar-refractivity contribution in [3.63, 3.8) is 0 Å². The predicted octanol–water partition coefficient (Wildman–Crippen LogP) is 3.07. The van der Waals surface area contributed by atoms with E-state index in [4.69, 9.17) is 22.1 Å². The molecule has 0 spiro atoms. The first kappa shape index (κ1) is 17.4. The zero-order valence-electron chi connectivity index (χ0n) is 12.7. The largest absolute Gasteiger partial charge is 0.458 e. The molecule has 0 aliphatic carbocycles. The molecule has 0 heterocycles. The topological polar surface area (TPSA) is 95.5 Å². The Balaban J connectivity index is 3.40. The van der Waals surface area contributed by atoms with Gasteiger partial charge in [0.25, 0.3) is 5.69 Å². The van der Waals surface area contributed by atoms with Gasteiger partial charge in [0.1, 0.15) is 11.1 Å². The van der Waals surface area contributed by atoms with Crippen LogP contribution in [0.25, 0.3) is 0 Å². The second kappa shape index (κ2) is 5.61. The molecule has 0 aliphatic rings. The lowest BCUT2D eigenvalue weighted by molar-refractivity contribution is -0.386. The fourth-order valence-electron chi connectivity index (χ4n) is 1.73. The number of halogens is 1. The minimum Gasteiger partial charge on any atom is -0.458 e. The molecule has 7 heteroatoms. The van der Waals surface area contributed by atoms with Crippen molar-refractivity contribution in [3.8, 4) is 0 Å². The molecule has 1 aromatic rings. The van der Waals surface area contributed by atoms with Crippen LogP contribution in [0.3, 0.4) is 0 Å². The molecule has 1 rings (SSSR count). The zero-order valence-corrected chi connectivity index (χ0v) is 13.4. The molecule has 0 bridgehead atoms. The van der Waals surface area contributed by atoms with E-state index < -0.39 is 22.0 Å². The van der Waals surface area contributed by atoms with Gasteiger partial charge in [-0.1, -0.05) is 11.6 Å². The number of hydrogen-bond acceptors (Lipinski definition) is 5. The SMILES string of the molecule is Cc1cc([N+](=O)[O-])c([C@](C)(N)C(=O)OC(C)(C)C)cc1Cl.